The molecule has 1 spiro atoms. The van der Waals surface area contributed by atoms with Gasteiger partial charge in [-0.3, -0.25) is 14.3 Å². The maximum atomic E-state index is 13.5. The van der Waals surface area contributed by atoms with Crippen LogP contribution in [0.4, 0.5) is 17.1 Å². The molecular weight excluding hydrogens is 492 g/mol. The lowest BCUT2D eigenvalue weighted by Crippen LogP contribution is -2.36. The summed E-state index contributed by atoms with van der Waals surface area (Å²) in [7, 11) is -3.71. The van der Waals surface area contributed by atoms with Gasteiger partial charge in [-0.2, -0.15) is 0 Å². The van der Waals surface area contributed by atoms with Crippen molar-refractivity contribution in [2.45, 2.75) is 51.0 Å². The summed E-state index contributed by atoms with van der Waals surface area (Å²) in [4.78, 5) is 28.9. The maximum absolute atomic E-state index is 13.5. The highest BCUT2D eigenvalue weighted by Crippen LogP contribution is 2.56. The van der Waals surface area contributed by atoms with E-state index in [9.17, 15) is 18.0 Å². The van der Waals surface area contributed by atoms with Gasteiger partial charge in [-0.25, -0.2) is 8.42 Å². The first-order chi connectivity index (χ1) is 17.8. The van der Waals surface area contributed by atoms with E-state index < -0.39 is 28.3 Å². The molecule has 0 bridgehead atoms. The minimum absolute atomic E-state index is 0.189. The van der Waals surface area contributed by atoms with Gasteiger partial charge in [0.05, 0.1) is 29.3 Å². The summed E-state index contributed by atoms with van der Waals surface area (Å²) in [6.45, 7) is 1.10. The SMILES string of the molecule is O=C(Nc1cccn(C2CC3CC3C2)c1=O)c1ccc(NS(=O)(=O)CCO)cc1N1CCC2(CC1)CC2. The van der Waals surface area contributed by atoms with Crippen LogP contribution in [0.3, 0.4) is 0 Å². The van der Waals surface area contributed by atoms with Gasteiger partial charge in [0, 0.05) is 25.3 Å². The van der Waals surface area contributed by atoms with Crippen molar-refractivity contribution in [2.24, 2.45) is 17.3 Å². The lowest BCUT2D eigenvalue weighted by molar-refractivity contribution is 0.102. The Morgan fingerprint density at radius 2 is 1.78 bits per heavy atom. The molecular formula is C27H34N4O5S. The lowest BCUT2D eigenvalue weighted by atomic mass is 9.93. The summed E-state index contributed by atoms with van der Waals surface area (Å²) in [5.41, 5.74) is 1.88. The van der Waals surface area contributed by atoms with Gasteiger partial charge in [0.15, 0.2) is 0 Å². The smallest absolute Gasteiger partial charge is 0.274 e. The zero-order chi connectivity index (χ0) is 25.8. The Kier molecular flexibility index (Phi) is 6.06. The average Bonchev–Trinajstić information content (AvgIpc) is 3.77. The molecule has 198 valence electrons. The van der Waals surface area contributed by atoms with Gasteiger partial charge in [0.2, 0.25) is 10.0 Å². The number of aromatic nitrogens is 1. The Morgan fingerprint density at radius 3 is 2.46 bits per heavy atom. The first-order valence-electron chi connectivity index (χ1n) is 13.3. The number of aliphatic hydroxyl groups excluding tert-OH is 1. The molecule has 1 saturated heterocycles. The van der Waals surface area contributed by atoms with Crippen LogP contribution in [0.25, 0.3) is 0 Å². The molecule has 4 fully saturated rings. The zero-order valence-corrected chi connectivity index (χ0v) is 21.7. The Bertz CT molecular complexity index is 1360. The van der Waals surface area contributed by atoms with Crippen LogP contribution >= 0.6 is 0 Å². The molecule has 2 heterocycles. The predicted molar refractivity (Wildman–Crippen MR) is 143 cm³/mol. The van der Waals surface area contributed by atoms with Crippen LogP contribution in [0, 0.1) is 17.3 Å². The highest BCUT2D eigenvalue weighted by molar-refractivity contribution is 7.92. The lowest BCUT2D eigenvalue weighted by Gasteiger charge is -2.35. The third-order valence-electron chi connectivity index (χ3n) is 8.83. The molecule has 1 aromatic carbocycles. The monoisotopic (exact) mass is 526 g/mol. The van der Waals surface area contributed by atoms with Gasteiger partial charge in [0.25, 0.3) is 11.5 Å². The molecule has 3 saturated carbocycles. The number of nitrogens with zero attached hydrogens (tertiary/aromatic N) is 2. The van der Waals surface area contributed by atoms with Crippen molar-refractivity contribution in [1.29, 1.82) is 0 Å². The van der Waals surface area contributed by atoms with Gasteiger partial charge >= 0.3 is 0 Å². The minimum Gasteiger partial charge on any atom is -0.395 e. The number of hydrogen-bond donors (Lipinski definition) is 3. The molecule has 3 N–H and O–H groups in total. The van der Waals surface area contributed by atoms with Crippen molar-refractivity contribution >= 4 is 33.0 Å². The van der Waals surface area contributed by atoms with Crippen LogP contribution in [0.15, 0.2) is 41.3 Å². The second-order valence-corrected chi connectivity index (χ2v) is 13.2. The van der Waals surface area contributed by atoms with Crippen LogP contribution < -0.4 is 20.5 Å². The molecule has 2 unspecified atom stereocenters. The molecule has 37 heavy (non-hydrogen) atoms. The van der Waals surface area contributed by atoms with Crippen LogP contribution in [0.2, 0.25) is 0 Å². The van der Waals surface area contributed by atoms with Crippen molar-refractivity contribution in [1.82, 2.24) is 4.57 Å². The number of pyridine rings is 1. The van der Waals surface area contributed by atoms with Crippen LogP contribution in [0.1, 0.15) is 61.3 Å². The molecule has 0 radical (unpaired) electrons. The number of sulfonamides is 1. The molecule has 4 aliphatic rings. The van der Waals surface area contributed by atoms with E-state index in [0.29, 0.717) is 22.4 Å². The van der Waals surface area contributed by atoms with Crippen molar-refractivity contribution in [3.8, 4) is 0 Å². The highest BCUT2D eigenvalue weighted by Gasteiger charge is 2.47. The van der Waals surface area contributed by atoms with Crippen LogP contribution in [-0.4, -0.2) is 49.4 Å². The van der Waals surface area contributed by atoms with Crippen molar-refractivity contribution < 1.29 is 18.3 Å². The predicted octanol–water partition coefficient (Wildman–Crippen LogP) is 3.19. The fourth-order valence-corrected chi connectivity index (χ4v) is 7.12. The second kappa shape index (κ2) is 9.16. The van der Waals surface area contributed by atoms with E-state index in [0.717, 1.165) is 50.6 Å². The summed E-state index contributed by atoms with van der Waals surface area (Å²) in [6, 6.07) is 8.48. The first kappa shape index (κ1) is 24.5. The van der Waals surface area contributed by atoms with E-state index in [-0.39, 0.29) is 17.3 Å². The van der Waals surface area contributed by atoms with Gasteiger partial charge in [-0.05, 0) is 92.5 Å². The van der Waals surface area contributed by atoms with E-state index >= 15 is 0 Å². The van der Waals surface area contributed by atoms with Crippen LogP contribution in [0.5, 0.6) is 0 Å². The molecule has 6 rings (SSSR count). The summed E-state index contributed by atoms with van der Waals surface area (Å²) in [5, 5.41) is 11.9. The fourth-order valence-electron chi connectivity index (χ4n) is 6.29. The molecule has 9 nitrogen and oxygen atoms in total. The standard InChI is InChI=1S/C27H34N4O5S/c32-12-13-37(35,36)29-20-3-4-22(24(17-20)30-10-7-27(5-6-27)8-11-30)25(33)28-23-2-1-9-31(26(23)34)21-15-18-14-19(18)16-21/h1-4,9,17-19,21,29,32H,5-8,10-16H2,(H,28,33). The second-order valence-electron chi connectivity index (χ2n) is 11.3. The molecule has 1 aliphatic heterocycles. The number of amides is 1. The Hall–Kier alpha value is -2.85. The number of piperidine rings is 1. The van der Waals surface area contributed by atoms with E-state index in [2.05, 4.69) is 14.9 Å². The summed E-state index contributed by atoms with van der Waals surface area (Å²) in [5.74, 6) is 0.686. The molecule has 10 heteroatoms. The quantitative estimate of drug-likeness (QED) is 0.486. The summed E-state index contributed by atoms with van der Waals surface area (Å²) >= 11 is 0. The number of rotatable bonds is 8. The zero-order valence-electron chi connectivity index (χ0n) is 20.9. The molecule has 1 aromatic heterocycles. The third-order valence-corrected chi connectivity index (χ3v) is 10.1. The average molecular weight is 527 g/mol. The van der Waals surface area contributed by atoms with E-state index in [1.54, 1.807) is 34.9 Å². The van der Waals surface area contributed by atoms with Crippen molar-refractivity contribution in [3.63, 3.8) is 0 Å². The number of hydrogen-bond acceptors (Lipinski definition) is 6. The number of anilines is 3. The van der Waals surface area contributed by atoms with Crippen molar-refractivity contribution in [2.75, 3.05) is 40.4 Å². The molecule has 3 aliphatic carbocycles. The van der Waals surface area contributed by atoms with E-state index in [1.807, 2.05) is 6.20 Å². The fraction of sp³-hybridized carbons (Fsp3) is 0.556. The molecule has 2 atom stereocenters. The Labute approximate surface area is 216 Å². The first-order valence-corrected chi connectivity index (χ1v) is 14.9. The van der Waals surface area contributed by atoms with Gasteiger partial charge in [-0.1, -0.05) is 0 Å². The van der Waals surface area contributed by atoms with Crippen LogP contribution in [-0.2, 0) is 10.0 Å². The van der Waals surface area contributed by atoms with Crippen molar-refractivity contribution in [3.05, 3.63) is 52.4 Å². The van der Waals surface area contributed by atoms with Gasteiger partial charge < -0.3 is 19.9 Å². The Balaban J connectivity index is 1.27. The van der Waals surface area contributed by atoms with Gasteiger partial charge in [-0.15, -0.1) is 0 Å². The normalized spacial score (nSPS) is 25.5. The minimum atomic E-state index is -3.71. The number of fused-ring (bicyclic) bond motifs is 1. The third kappa shape index (κ3) is 5.01. The topological polar surface area (TPSA) is 121 Å². The number of nitrogens with one attached hydrogen (secondary N) is 2. The number of aliphatic hydroxyl groups is 1. The Morgan fingerprint density at radius 1 is 1.05 bits per heavy atom. The number of carbonyl (C=O) groups is 1. The van der Waals surface area contributed by atoms with E-state index in [4.69, 9.17) is 5.11 Å². The summed E-state index contributed by atoms with van der Waals surface area (Å²) in [6.07, 6.45) is 9.72. The molecule has 1 amide bonds. The van der Waals surface area contributed by atoms with E-state index in [1.165, 1.54) is 19.3 Å². The summed E-state index contributed by atoms with van der Waals surface area (Å²) < 4.78 is 28.7. The highest BCUT2D eigenvalue weighted by atomic mass is 32.2. The maximum Gasteiger partial charge on any atom is 0.274 e. The number of benzene rings is 1. The van der Waals surface area contributed by atoms with Gasteiger partial charge in [0.1, 0.15) is 5.69 Å². The molecule has 2 aromatic rings. The largest absolute Gasteiger partial charge is 0.395 e. The number of carbonyl (C=O) groups excluding carboxylic acids is 1.